The SMILES string of the molecule is COc1ccc(-c2ccc(COc3ccc(Cl)cc3Cl)c(OC)n2)cc1. The number of halogens is 2. The van der Waals surface area contributed by atoms with E-state index < -0.39 is 0 Å². The summed E-state index contributed by atoms with van der Waals surface area (Å²) in [6, 6.07) is 16.6. The lowest BCUT2D eigenvalue weighted by Gasteiger charge is -2.12. The van der Waals surface area contributed by atoms with Gasteiger partial charge in [0.2, 0.25) is 5.88 Å². The molecule has 0 N–H and O–H groups in total. The Labute approximate surface area is 162 Å². The summed E-state index contributed by atoms with van der Waals surface area (Å²) < 4.78 is 16.4. The molecule has 4 nitrogen and oxygen atoms in total. The molecule has 0 bridgehead atoms. The third-order valence-corrected chi connectivity index (χ3v) is 4.33. The van der Waals surface area contributed by atoms with Gasteiger partial charge in [-0.05, 0) is 54.6 Å². The number of pyridine rings is 1. The summed E-state index contributed by atoms with van der Waals surface area (Å²) in [6.45, 7) is 0.278. The molecule has 0 radical (unpaired) electrons. The standard InChI is InChI=1S/C20H17Cl2NO3/c1-24-16-7-3-13(4-8-16)18-9-5-14(20(23-18)25-2)12-26-19-10-6-15(21)11-17(19)22/h3-11H,12H2,1-2H3. The topological polar surface area (TPSA) is 40.6 Å². The third kappa shape index (κ3) is 4.21. The van der Waals surface area contributed by atoms with E-state index in [1.165, 1.54) is 0 Å². The van der Waals surface area contributed by atoms with Crippen LogP contribution in [-0.4, -0.2) is 19.2 Å². The first-order valence-corrected chi connectivity index (χ1v) is 8.62. The van der Waals surface area contributed by atoms with Crippen molar-refractivity contribution in [2.45, 2.75) is 6.61 Å². The van der Waals surface area contributed by atoms with Crippen molar-refractivity contribution in [2.24, 2.45) is 0 Å². The van der Waals surface area contributed by atoms with Gasteiger partial charge < -0.3 is 14.2 Å². The van der Waals surface area contributed by atoms with Gasteiger partial charge in [0, 0.05) is 10.6 Å². The fourth-order valence-electron chi connectivity index (χ4n) is 2.43. The van der Waals surface area contributed by atoms with Crippen LogP contribution in [-0.2, 0) is 6.61 Å². The minimum absolute atomic E-state index is 0.278. The molecule has 3 rings (SSSR count). The summed E-state index contributed by atoms with van der Waals surface area (Å²) in [5, 5.41) is 1.02. The Morgan fingerprint density at radius 1 is 0.885 bits per heavy atom. The highest BCUT2D eigenvalue weighted by molar-refractivity contribution is 6.35. The van der Waals surface area contributed by atoms with Gasteiger partial charge in [0.15, 0.2) is 0 Å². The molecule has 0 fully saturated rings. The lowest BCUT2D eigenvalue weighted by atomic mass is 10.1. The van der Waals surface area contributed by atoms with Gasteiger partial charge in [-0.25, -0.2) is 4.98 Å². The van der Waals surface area contributed by atoms with Crippen LogP contribution in [0.25, 0.3) is 11.3 Å². The molecule has 0 unspecified atom stereocenters. The van der Waals surface area contributed by atoms with E-state index in [4.69, 9.17) is 37.4 Å². The van der Waals surface area contributed by atoms with Crippen LogP contribution in [0, 0.1) is 0 Å². The maximum atomic E-state index is 6.13. The molecule has 0 aliphatic carbocycles. The van der Waals surface area contributed by atoms with Gasteiger partial charge in [-0.3, -0.25) is 0 Å². The zero-order valence-corrected chi connectivity index (χ0v) is 15.8. The molecule has 1 aromatic heterocycles. The Bertz CT molecular complexity index is 898. The van der Waals surface area contributed by atoms with Crippen molar-refractivity contribution in [3.8, 4) is 28.6 Å². The predicted molar refractivity (Wildman–Crippen MR) is 104 cm³/mol. The molecule has 0 spiro atoms. The molecular formula is C20H17Cl2NO3. The number of benzene rings is 2. The smallest absolute Gasteiger partial charge is 0.220 e. The molecule has 0 amide bonds. The van der Waals surface area contributed by atoms with Crippen molar-refractivity contribution in [3.63, 3.8) is 0 Å². The molecule has 134 valence electrons. The van der Waals surface area contributed by atoms with Crippen molar-refractivity contribution >= 4 is 23.2 Å². The van der Waals surface area contributed by atoms with Gasteiger partial charge in [-0.2, -0.15) is 0 Å². The first-order valence-electron chi connectivity index (χ1n) is 7.87. The van der Waals surface area contributed by atoms with Gasteiger partial charge >= 0.3 is 0 Å². The maximum Gasteiger partial charge on any atom is 0.220 e. The Morgan fingerprint density at radius 2 is 1.65 bits per heavy atom. The Hall–Kier alpha value is -2.43. The molecule has 2 aromatic carbocycles. The van der Waals surface area contributed by atoms with Gasteiger partial charge in [-0.15, -0.1) is 0 Å². The third-order valence-electron chi connectivity index (χ3n) is 3.80. The number of nitrogens with zero attached hydrogens (tertiary/aromatic N) is 1. The van der Waals surface area contributed by atoms with E-state index in [0.29, 0.717) is 21.7 Å². The quantitative estimate of drug-likeness (QED) is 0.545. The minimum atomic E-state index is 0.278. The number of ether oxygens (including phenoxy) is 3. The summed E-state index contributed by atoms with van der Waals surface area (Å²) in [5.41, 5.74) is 2.59. The maximum absolute atomic E-state index is 6.13. The van der Waals surface area contributed by atoms with Crippen LogP contribution in [0.15, 0.2) is 54.6 Å². The van der Waals surface area contributed by atoms with Crippen molar-refractivity contribution in [1.29, 1.82) is 0 Å². The Morgan fingerprint density at radius 3 is 2.31 bits per heavy atom. The predicted octanol–water partition coefficient (Wildman–Crippen LogP) is 5.65. The number of hydrogen-bond donors (Lipinski definition) is 0. The molecule has 0 aliphatic rings. The second kappa shape index (κ2) is 8.30. The fraction of sp³-hybridized carbons (Fsp3) is 0.150. The summed E-state index contributed by atoms with van der Waals surface area (Å²) >= 11 is 12.0. The van der Waals surface area contributed by atoms with Gasteiger partial charge in [0.05, 0.1) is 30.5 Å². The highest BCUT2D eigenvalue weighted by Gasteiger charge is 2.10. The summed E-state index contributed by atoms with van der Waals surface area (Å²) in [4.78, 5) is 4.57. The summed E-state index contributed by atoms with van der Waals surface area (Å²) in [6.07, 6.45) is 0. The van der Waals surface area contributed by atoms with Gasteiger partial charge in [-0.1, -0.05) is 23.2 Å². The normalized spacial score (nSPS) is 10.5. The van der Waals surface area contributed by atoms with Gasteiger partial charge in [0.25, 0.3) is 0 Å². The van der Waals surface area contributed by atoms with E-state index in [-0.39, 0.29) is 6.61 Å². The van der Waals surface area contributed by atoms with Crippen LogP contribution >= 0.6 is 23.2 Å². The summed E-state index contributed by atoms with van der Waals surface area (Å²) in [5.74, 6) is 1.85. The van der Waals surface area contributed by atoms with E-state index in [0.717, 1.165) is 22.6 Å². The largest absolute Gasteiger partial charge is 0.497 e. The Kier molecular flexibility index (Phi) is 5.86. The Balaban J connectivity index is 1.79. The second-order valence-corrected chi connectivity index (χ2v) is 6.30. The molecule has 0 atom stereocenters. The average molecular weight is 390 g/mol. The molecule has 1 heterocycles. The lowest BCUT2D eigenvalue weighted by Crippen LogP contribution is -2.01. The molecule has 0 saturated carbocycles. The van der Waals surface area contributed by atoms with Crippen LogP contribution in [0.3, 0.4) is 0 Å². The molecule has 0 aliphatic heterocycles. The van der Waals surface area contributed by atoms with E-state index in [1.807, 2.05) is 36.4 Å². The molecule has 26 heavy (non-hydrogen) atoms. The highest BCUT2D eigenvalue weighted by atomic mass is 35.5. The first kappa shape index (κ1) is 18.4. The highest BCUT2D eigenvalue weighted by Crippen LogP contribution is 2.30. The van der Waals surface area contributed by atoms with Crippen LogP contribution < -0.4 is 14.2 Å². The van der Waals surface area contributed by atoms with E-state index in [9.17, 15) is 0 Å². The van der Waals surface area contributed by atoms with Crippen LogP contribution in [0.5, 0.6) is 17.4 Å². The van der Waals surface area contributed by atoms with Crippen LogP contribution in [0.1, 0.15) is 5.56 Å². The average Bonchev–Trinajstić information content (AvgIpc) is 2.67. The number of methoxy groups -OCH3 is 2. The van der Waals surface area contributed by atoms with Crippen LogP contribution in [0.2, 0.25) is 10.0 Å². The van der Waals surface area contributed by atoms with Crippen molar-refractivity contribution in [1.82, 2.24) is 4.98 Å². The zero-order chi connectivity index (χ0) is 18.5. The van der Waals surface area contributed by atoms with Crippen molar-refractivity contribution in [3.05, 3.63) is 70.2 Å². The molecule has 0 saturated heterocycles. The second-order valence-electron chi connectivity index (χ2n) is 5.46. The van der Waals surface area contributed by atoms with E-state index in [1.54, 1.807) is 32.4 Å². The van der Waals surface area contributed by atoms with Crippen LogP contribution in [0.4, 0.5) is 0 Å². The van der Waals surface area contributed by atoms with E-state index >= 15 is 0 Å². The molecular weight excluding hydrogens is 373 g/mol. The summed E-state index contributed by atoms with van der Waals surface area (Å²) in [7, 11) is 3.22. The number of rotatable bonds is 6. The van der Waals surface area contributed by atoms with Crippen molar-refractivity contribution < 1.29 is 14.2 Å². The fourth-order valence-corrected chi connectivity index (χ4v) is 2.89. The molecule has 3 aromatic rings. The molecule has 6 heteroatoms. The minimum Gasteiger partial charge on any atom is -0.497 e. The van der Waals surface area contributed by atoms with Gasteiger partial charge in [0.1, 0.15) is 18.1 Å². The monoisotopic (exact) mass is 389 g/mol. The lowest BCUT2D eigenvalue weighted by molar-refractivity contribution is 0.294. The van der Waals surface area contributed by atoms with Crippen molar-refractivity contribution in [2.75, 3.05) is 14.2 Å². The zero-order valence-electron chi connectivity index (χ0n) is 14.3. The van der Waals surface area contributed by atoms with E-state index in [2.05, 4.69) is 4.98 Å². The first-order chi connectivity index (χ1) is 12.6. The number of aromatic nitrogens is 1. The number of hydrogen-bond acceptors (Lipinski definition) is 4.